The lowest BCUT2D eigenvalue weighted by Crippen LogP contribution is -2.37. The minimum Gasteiger partial charge on any atom is -0.348 e. The molecule has 31 heavy (non-hydrogen) atoms. The maximum atomic E-state index is 13.4. The number of carbonyl (C=O) groups is 1. The Hall–Kier alpha value is -3.42. The van der Waals surface area contributed by atoms with Crippen molar-refractivity contribution in [2.24, 2.45) is 0 Å². The van der Waals surface area contributed by atoms with Gasteiger partial charge in [-0.2, -0.15) is 18.3 Å². The third-order valence-electron chi connectivity index (χ3n) is 4.85. The van der Waals surface area contributed by atoms with E-state index in [1.54, 1.807) is 6.92 Å². The lowest BCUT2D eigenvalue weighted by molar-refractivity contribution is -0.137. The van der Waals surface area contributed by atoms with Crippen molar-refractivity contribution in [1.29, 1.82) is 0 Å². The zero-order valence-corrected chi connectivity index (χ0v) is 17.1. The van der Waals surface area contributed by atoms with Crippen LogP contribution < -0.4 is 10.7 Å². The molecule has 0 spiro atoms. The van der Waals surface area contributed by atoms with Gasteiger partial charge < -0.3 is 5.32 Å². The highest BCUT2D eigenvalue weighted by Gasteiger charge is 2.34. The van der Waals surface area contributed by atoms with Gasteiger partial charge in [0.25, 0.3) is 5.91 Å². The molecule has 0 saturated heterocycles. The Labute approximate surface area is 177 Å². The van der Waals surface area contributed by atoms with Gasteiger partial charge in [0.1, 0.15) is 0 Å². The van der Waals surface area contributed by atoms with Gasteiger partial charge in [0.15, 0.2) is 5.69 Å². The average Bonchev–Trinajstić information content (AvgIpc) is 2.72. The summed E-state index contributed by atoms with van der Waals surface area (Å²) >= 11 is 0. The Balaban J connectivity index is 1.85. The third-order valence-corrected chi connectivity index (χ3v) is 4.85. The lowest BCUT2D eigenvalue weighted by atomic mass is 10.1. The molecule has 0 aliphatic rings. The van der Waals surface area contributed by atoms with Crippen molar-refractivity contribution in [2.75, 3.05) is 0 Å². The van der Waals surface area contributed by atoms with Crippen molar-refractivity contribution in [3.8, 4) is 5.69 Å². The van der Waals surface area contributed by atoms with Gasteiger partial charge >= 0.3 is 6.18 Å². The summed E-state index contributed by atoms with van der Waals surface area (Å²) < 4.78 is 41.2. The van der Waals surface area contributed by atoms with Crippen LogP contribution >= 0.6 is 0 Å². The topological polar surface area (TPSA) is 64.0 Å². The molecule has 0 aliphatic carbocycles. The van der Waals surface area contributed by atoms with E-state index in [2.05, 4.69) is 10.4 Å². The number of halogens is 3. The second-order valence-corrected chi connectivity index (χ2v) is 7.32. The Bertz CT molecular complexity index is 1120. The van der Waals surface area contributed by atoms with Gasteiger partial charge in [-0.05, 0) is 44.4 Å². The molecule has 8 heteroatoms. The predicted molar refractivity (Wildman–Crippen MR) is 111 cm³/mol. The molecule has 1 heterocycles. The monoisotopic (exact) mass is 429 g/mol. The Morgan fingerprint density at radius 3 is 2.42 bits per heavy atom. The highest BCUT2D eigenvalue weighted by atomic mass is 19.4. The summed E-state index contributed by atoms with van der Waals surface area (Å²) in [5, 5.41) is 6.69. The number of aromatic nitrogens is 2. The molecule has 1 amide bonds. The fourth-order valence-corrected chi connectivity index (χ4v) is 3.24. The van der Waals surface area contributed by atoms with E-state index in [1.165, 1.54) is 25.1 Å². The van der Waals surface area contributed by atoms with Gasteiger partial charge in [0.05, 0.1) is 11.3 Å². The van der Waals surface area contributed by atoms with Crippen LogP contribution in [0.1, 0.15) is 40.7 Å². The minimum absolute atomic E-state index is 0.190. The van der Waals surface area contributed by atoms with E-state index in [0.29, 0.717) is 6.42 Å². The van der Waals surface area contributed by atoms with Crippen LogP contribution in [0.15, 0.2) is 65.5 Å². The summed E-state index contributed by atoms with van der Waals surface area (Å²) in [5.74, 6) is -0.719. The van der Waals surface area contributed by atoms with Crippen LogP contribution in [0.3, 0.4) is 0 Å². The number of nitrogens with one attached hydrogen (secondary N) is 1. The van der Waals surface area contributed by atoms with Crippen LogP contribution in [0.2, 0.25) is 0 Å². The quantitative estimate of drug-likeness (QED) is 0.635. The van der Waals surface area contributed by atoms with Gasteiger partial charge in [-0.15, -0.1) is 0 Å². The molecular formula is C23H22F3N3O2. The molecule has 0 bridgehead atoms. The van der Waals surface area contributed by atoms with Crippen molar-refractivity contribution in [3.05, 3.63) is 93.4 Å². The summed E-state index contributed by atoms with van der Waals surface area (Å²) in [6.45, 7) is 3.26. The minimum atomic E-state index is -4.61. The van der Waals surface area contributed by atoms with Gasteiger partial charge in [-0.25, -0.2) is 4.68 Å². The largest absolute Gasteiger partial charge is 0.418 e. The molecule has 162 valence electrons. The fourth-order valence-electron chi connectivity index (χ4n) is 3.24. The Kier molecular flexibility index (Phi) is 6.58. The third kappa shape index (κ3) is 5.39. The van der Waals surface area contributed by atoms with Crippen molar-refractivity contribution >= 4 is 5.91 Å². The maximum absolute atomic E-state index is 13.4. The molecule has 2 aromatic carbocycles. The predicted octanol–water partition coefficient (Wildman–Crippen LogP) is 4.31. The number of rotatable bonds is 6. The normalized spacial score (nSPS) is 12.4. The van der Waals surface area contributed by atoms with Gasteiger partial charge in [0, 0.05) is 17.8 Å². The first-order valence-corrected chi connectivity index (χ1v) is 9.79. The van der Waals surface area contributed by atoms with Gasteiger partial charge in [-0.1, -0.05) is 42.5 Å². The number of carbonyl (C=O) groups excluding carboxylic acids is 1. The van der Waals surface area contributed by atoms with Gasteiger partial charge in [0.2, 0.25) is 5.43 Å². The molecule has 0 unspecified atom stereocenters. The molecule has 0 saturated carbocycles. The second-order valence-electron chi connectivity index (χ2n) is 7.32. The van der Waals surface area contributed by atoms with E-state index in [9.17, 15) is 22.8 Å². The van der Waals surface area contributed by atoms with E-state index in [1.807, 2.05) is 30.3 Å². The second kappa shape index (κ2) is 9.16. The van der Waals surface area contributed by atoms with Crippen molar-refractivity contribution in [1.82, 2.24) is 15.1 Å². The standard InChI is InChI=1S/C23H22F3N3O2/c1-15(12-13-17-8-4-3-5-9-17)27-22(31)21-20(30)14-16(2)29(28-21)19-11-7-6-10-18(19)23(24,25)26/h3-11,14-15H,12-13H2,1-2H3,(H,27,31)/t15-/m0/s1. The smallest absolute Gasteiger partial charge is 0.348 e. The Morgan fingerprint density at radius 1 is 1.10 bits per heavy atom. The Morgan fingerprint density at radius 2 is 1.74 bits per heavy atom. The van der Waals surface area contributed by atoms with Crippen LogP contribution in [-0.4, -0.2) is 21.7 Å². The van der Waals surface area contributed by atoms with E-state index >= 15 is 0 Å². The van der Waals surface area contributed by atoms with Gasteiger partial charge in [-0.3, -0.25) is 9.59 Å². The number of para-hydroxylation sites is 1. The molecule has 1 atom stereocenters. The first-order chi connectivity index (χ1) is 14.7. The molecule has 3 aromatic rings. The lowest BCUT2D eigenvalue weighted by Gasteiger charge is -2.17. The number of alkyl halides is 3. The SMILES string of the molecule is Cc1cc(=O)c(C(=O)N[C@@H](C)CCc2ccccc2)nn1-c1ccccc1C(F)(F)F. The van der Waals surface area contributed by atoms with Crippen LogP contribution in [0.25, 0.3) is 5.69 Å². The first-order valence-electron chi connectivity index (χ1n) is 9.79. The fraction of sp³-hybridized carbons (Fsp3) is 0.261. The number of hydrogen-bond acceptors (Lipinski definition) is 3. The summed E-state index contributed by atoms with van der Waals surface area (Å²) in [5.41, 5.74) is -0.950. The molecule has 0 radical (unpaired) electrons. The number of amides is 1. The van der Waals surface area contributed by atoms with Crippen LogP contribution in [-0.2, 0) is 12.6 Å². The summed E-state index contributed by atoms with van der Waals surface area (Å²) in [6, 6.07) is 15.5. The molecule has 1 N–H and O–H groups in total. The summed E-state index contributed by atoms with van der Waals surface area (Å²) in [7, 11) is 0. The zero-order chi connectivity index (χ0) is 22.6. The molecule has 5 nitrogen and oxygen atoms in total. The highest BCUT2D eigenvalue weighted by molar-refractivity contribution is 5.92. The number of nitrogens with zero attached hydrogens (tertiary/aromatic N) is 2. The molecule has 0 aliphatic heterocycles. The highest BCUT2D eigenvalue weighted by Crippen LogP contribution is 2.33. The van der Waals surface area contributed by atoms with E-state index in [0.717, 1.165) is 28.8 Å². The molecule has 1 aromatic heterocycles. The summed E-state index contributed by atoms with van der Waals surface area (Å²) in [4.78, 5) is 25.0. The molecule has 0 fully saturated rings. The zero-order valence-electron chi connectivity index (χ0n) is 17.1. The van der Waals surface area contributed by atoms with Crippen molar-refractivity contribution < 1.29 is 18.0 Å². The van der Waals surface area contributed by atoms with Crippen molar-refractivity contribution in [3.63, 3.8) is 0 Å². The van der Waals surface area contributed by atoms with Crippen LogP contribution in [0.4, 0.5) is 13.2 Å². The van der Waals surface area contributed by atoms with E-state index in [-0.39, 0.29) is 17.4 Å². The van der Waals surface area contributed by atoms with E-state index in [4.69, 9.17) is 0 Å². The first kappa shape index (κ1) is 22.3. The maximum Gasteiger partial charge on any atom is 0.418 e. The summed E-state index contributed by atoms with van der Waals surface area (Å²) in [6.07, 6.45) is -3.25. The molecular weight excluding hydrogens is 407 g/mol. The van der Waals surface area contributed by atoms with Crippen molar-refractivity contribution in [2.45, 2.75) is 38.9 Å². The number of hydrogen-bond donors (Lipinski definition) is 1. The van der Waals surface area contributed by atoms with E-state index < -0.39 is 28.8 Å². The van der Waals surface area contributed by atoms with Crippen LogP contribution in [0, 0.1) is 6.92 Å². The molecule has 3 rings (SSSR count). The number of benzene rings is 2. The average molecular weight is 429 g/mol. The van der Waals surface area contributed by atoms with Crippen LogP contribution in [0.5, 0.6) is 0 Å². The number of aryl methyl sites for hydroxylation is 2.